The van der Waals surface area contributed by atoms with Gasteiger partial charge in [-0.25, -0.2) is 15.0 Å². The van der Waals surface area contributed by atoms with Crippen molar-refractivity contribution < 1.29 is 0 Å². The maximum Gasteiger partial charge on any atom is 0.164 e. The SMILES string of the molecule is c1ccc(-c2nc(-c3ccccc3)nc(-c3cccc(-c4ccc5cc6c(cc5c4)C4(c5ccccc5-c5ccccc54)c4ccc5ccccc5c4-6)c3)n2)cc1. The first-order valence-corrected chi connectivity index (χ1v) is 19.5. The van der Waals surface area contributed by atoms with Crippen LogP contribution in [-0.4, -0.2) is 15.0 Å². The molecule has 57 heavy (non-hydrogen) atoms. The Morgan fingerprint density at radius 1 is 0.281 bits per heavy atom. The lowest BCUT2D eigenvalue weighted by atomic mass is 9.70. The molecule has 0 N–H and O–H groups in total. The molecule has 0 unspecified atom stereocenters. The summed E-state index contributed by atoms with van der Waals surface area (Å²) in [6.45, 7) is 0. The lowest BCUT2D eigenvalue weighted by molar-refractivity contribution is 0.795. The molecule has 0 radical (unpaired) electrons. The van der Waals surface area contributed by atoms with Crippen LogP contribution in [0.3, 0.4) is 0 Å². The van der Waals surface area contributed by atoms with E-state index in [9.17, 15) is 0 Å². The number of hydrogen-bond acceptors (Lipinski definition) is 3. The molecule has 0 atom stereocenters. The van der Waals surface area contributed by atoms with Gasteiger partial charge >= 0.3 is 0 Å². The molecule has 0 bridgehead atoms. The van der Waals surface area contributed by atoms with E-state index in [2.05, 4.69) is 140 Å². The molecule has 0 fully saturated rings. The van der Waals surface area contributed by atoms with Gasteiger partial charge in [-0.05, 0) is 101 Å². The van der Waals surface area contributed by atoms with Gasteiger partial charge in [-0.2, -0.15) is 0 Å². The summed E-state index contributed by atoms with van der Waals surface area (Å²) in [6.07, 6.45) is 0. The fourth-order valence-electron chi connectivity index (χ4n) is 9.60. The van der Waals surface area contributed by atoms with Crippen molar-refractivity contribution in [3.05, 3.63) is 222 Å². The molecule has 12 rings (SSSR count). The average molecular weight is 724 g/mol. The van der Waals surface area contributed by atoms with Crippen LogP contribution < -0.4 is 0 Å². The Kier molecular flexibility index (Phi) is 6.84. The minimum Gasteiger partial charge on any atom is -0.208 e. The van der Waals surface area contributed by atoms with Gasteiger partial charge in [0, 0.05) is 16.7 Å². The van der Waals surface area contributed by atoms with Crippen molar-refractivity contribution >= 4 is 21.5 Å². The highest BCUT2D eigenvalue weighted by Crippen LogP contribution is 2.64. The maximum absolute atomic E-state index is 5.02. The topological polar surface area (TPSA) is 38.7 Å². The van der Waals surface area contributed by atoms with E-state index in [1.165, 1.54) is 66.1 Å². The van der Waals surface area contributed by atoms with E-state index >= 15 is 0 Å². The molecule has 0 saturated heterocycles. The van der Waals surface area contributed by atoms with E-state index in [0.29, 0.717) is 17.5 Å². The second kappa shape index (κ2) is 12.3. The van der Waals surface area contributed by atoms with Gasteiger partial charge in [0.15, 0.2) is 17.5 Å². The minimum atomic E-state index is -0.419. The van der Waals surface area contributed by atoms with Crippen LogP contribution in [0.25, 0.3) is 89.1 Å². The lowest BCUT2D eigenvalue weighted by Crippen LogP contribution is -2.25. The van der Waals surface area contributed by atoms with Crippen LogP contribution in [-0.2, 0) is 5.41 Å². The van der Waals surface area contributed by atoms with Crippen molar-refractivity contribution in [3.63, 3.8) is 0 Å². The molecule has 0 saturated carbocycles. The third-order valence-electron chi connectivity index (χ3n) is 12.1. The summed E-state index contributed by atoms with van der Waals surface area (Å²) < 4.78 is 0. The number of rotatable bonds is 4. The Bertz CT molecular complexity index is 3140. The fraction of sp³-hybridized carbons (Fsp3) is 0.0185. The summed E-state index contributed by atoms with van der Waals surface area (Å²) in [6, 6.07) is 72.3. The predicted molar refractivity (Wildman–Crippen MR) is 233 cm³/mol. The number of aromatic nitrogens is 3. The Balaban J connectivity index is 1.04. The molecule has 1 heterocycles. The van der Waals surface area contributed by atoms with E-state index in [1.54, 1.807) is 0 Å². The Hall–Kier alpha value is -7.49. The molecule has 3 nitrogen and oxygen atoms in total. The highest BCUT2D eigenvalue weighted by Gasteiger charge is 2.52. The van der Waals surface area contributed by atoms with Gasteiger partial charge in [0.05, 0.1) is 5.41 Å². The number of benzene rings is 9. The zero-order valence-electron chi connectivity index (χ0n) is 30.9. The summed E-state index contributed by atoms with van der Waals surface area (Å²) in [7, 11) is 0. The van der Waals surface area contributed by atoms with E-state index in [0.717, 1.165) is 27.8 Å². The molecular formula is C54H33N3. The number of hydrogen-bond donors (Lipinski definition) is 0. The Morgan fingerprint density at radius 2 is 0.825 bits per heavy atom. The molecule has 1 spiro atoms. The van der Waals surface area contributed by atoms with Crippen molar-refractivity contribution in [1.29, 1.82) is 0 Å². The molecule has 264 valence electrons. The lowest BCUT2D eigenvalue weighted by Gasteiger charge is -2.30. The smallest absolute Gasteiger partial charge is 0.164 e. The molecule has 10 aromatic rings. The van der Waals surface area contributed by atoms with Crippen molar-refractivity contribution in [2.45, 2.75) is 5.41 Å². The minimum absolute atomic E-state index is 0.419. The second-order valence-electron chi connectivity index (χ2n) is 15.1. The largest absolute Gasteiger partial charge is 0.208 e. The van der Waals surface area contributed by atoms with Gasteiger partial charge in [-0.1, -0.05) is 176 Å². The first-order chi connectivity index (χ1) is 28.2. The van der Waals surface area contributed by atoms with E-state index in [1.807, 2.05) is 60.7 Å². The molecule has 1 aromatic heterocycles. The monoisotopic (exact) mass is 723 g/mol. The third kappa shape index (κ3) is 4.69. The molecular weight excluding hydrogens is 691 g/mol. The van der Waals surface area contributed by atoms with Crippen LogP contribution in [0, 0.1) is 0 Å². The summed E-state index contributed by atoms with van der Waals surface area (Å²) in [5, 5.41) is 5.00. The summed E-state index contributed by atoms with van der Waals surface area (Å²) in [5.74, 6) is 1.96. The highest BCUT2D eigenvalue weighted by atomic mass is 15.0. The van der Waals surface area contributed by atoms with E-state index in [-0.39, 0.29) is 0 Å². The third-order valence-corrected chi connectivity index (χ3v) is 12.1. The first kappa shape index (κ1) is 31.8. The van der Waals surface area contributed by atoms with Crippen LogP contribution in [0.4, 0.5) is 0 Å². The Morgan fingerprint density at radius 3 is 1.53 bits per heavy atom. The van der Waals surface area contributed by atoms with Gasteiger partial charge in [0.25, 0.3) is 0 Å². The van der Waals surface area contributed by atoms with Crippen molar-refractivity contribution in [1.82, 2.24) is 15.0 Å². The molecule has 2 aliphatic rings. The predicted octanol–water partition coefficient (Wildman–Crippen LogP) is 13.2. The molecule has 0 aliphatic heterocycles. The summed E-state index contributed by atoms with van der Waals surface area (Å²) in [5.41, 5.74) is 15.4. The van der Waals surface area contributed by atoms with Crippen LogP contribution in [0.1, 0.15) is 22.3 Å². The second-order valence-corrected chi connectivity index (χ2v) is 15.1. The molecule has 2 aliphatic carbocycles. The zero-order valence-corrected chi connectivity index (χ0v) is 30.9. The summed E-state index contributed by atoms with van der Waals surface area (Å²) >= 11 is 0. The normalized spacial score (nSPS) is 13.1. The fourth-order valence-corrected chi connectivity index (χ4v) is 9.60. The number of fused-ring (bicyclic) bond motifs is 13. The van der Waals surface area contributed by atoms with Gasteiger partial charge in [-0.15, -0.1) is 0 Å². The Labute approximate surface area is 330 Å². The quantitative estimate of drug-likeness (QED) is 0.181. The van der Waals surface area contributed by atoms with Crippen LogP contribution >= 0.6 is 0 Å². The molecule has 9 aromatic carbocycles. The van der Waals surface area contributed by atoms with Gasteiger partial charge in [0.1, 0.15) is 0 Å². The van der Waals surface area contributed by atoms with E-state index in [4.69, 9.17) is 15.0 Å². The van der Waals surface area contributed by atoms with E-state index < -0.39 is 5.41 Å². The number of nitrogens with zero attached hydrogens (tertiary/aromatic N) is 3. The average Bonchev–Trinajstić information content (AvgIpc) is 3.75. The standard InChI is InChI=1S/C54H33N3/c1-3-15-35(16-4-1)51-55-52(36-17-5-2-6-18-36)57-53(56-51)40-20-13-19-37(30-40)38-26-27-39-32-45-49(33-41(39)31-38)54(48-29-28-34-14-7-8-21-42(34)50(45)48)46-24-11-9-22-43(46)44-23-10-12-25-47(44)54/h1-33H. The molecule has 3 heteroatoms. The van der Waals surface area contributed by atoms with Crippen molar-refractivity contribution in [2.24, 2.45) is 0 Å². The van der Waals surface area contributed by atoms with Crippen LogP contribution in [0.5, 0.6) is 0 Å². The first-order valence-electron chi connectivity index (χ1n) is 19.5. The van der Waals surface area contributed by atoms with Crippen molar-refractivity contribution in [2.75, 3.05) is 0 Å². The van der Waals surface area contributed by atoms with Gasteiger partial charge in [-0.3, -0.25) is 0 Å². The molecule has 0 amide bonds. The van der Waals surface area contributed by atoms with Crippen LogP contribution in [0.15, 0.2) is 200 Å². The maximum atomic E-state index is 5.02. The van der Waals surface area contributed by atoms with Crippen LogP contribution in [0.2, 0.25) is 0 Å². The zero-order chi connectivity index (χ0) is 37.5. The van der Waals surface area contributed by atoms with Gasteiger partial charge < -0.3 is 0 Å². The highest BCUT2D eigenvalue weighted by molar-refractivity contribution is 6.08. The summed E-state index contributed by atoms with van der Waals surface area (Å²) in [4.78, 5) is 15.0. The van der Waals surface area contributed by atoms with Crippen molar-refractivity contribution in [3.8, 4) is 67.5 Å². The van der Waals surface area contributed by atoms with Gasteiger partial charge in [0.2, 0.25) is 0 Å².